The molecule has 0 saturated heterocycles. The van der Waals surface area contributed by atoms with Crippen LogP contribution < -0.4 is 5.73 Å². The lowest BCUT2D eigenvalue weighted by molar-refractivity contribution is -0.129. The van der Waals surface area contributed by atoms with Crippen LogP contribution in [-0.4, -0.2) is 30.4 Å². The number of amides is 1. The van der Waals surface area contributed by atoms with E-state index in [9.17, 15) is 13.6 Å². The largest absolute Gasteiger partial charge is 0.344 e. The average Bonchev–Trinajstić information content (AvgIpc) is 2.21. The molecule has 1 aromatic rings. The fourth-order valence-corrected chi connectivity index (χ4v) is 1.50. The number of nitrogens with two attached hydrogens (primary N) is 1. The molecule has 0 saturated carbocycles. The molecule has 1 unspecified atom stereocenters. The number of halogens is 2. The maximum Gasteiger partial charge on any atom is 0.226 e. The van der Waals surface area contributed by atoms with Gasteiger partial charge in [-0.1, -0.05) is 6.07 Å². The first-order valence-electron chi connectivity index (χ1n) is 5.33. The third-order valence-electron chi connectivity index (χ3n) is 2.34. The Balaban J connectivity index is 2.67. The van der Waals surface area contributed by atoms with Crippen molar-refractivity contribution < 1.29 is 13.6 Å². The summed E-state index contributed by atoms with van der Waals surface area (Å²) in [5.74, 6) is -1.59. The summed E-state index contributed by atoms with van der Waals surface area (Å²) in [4.78, 5) is 13.1. The molecule has 2 N–H and O–H groups in total. The summed E-state index contributed by atoms with van der Waals surface area (Å²) in [7, 11) is 1.60. The Hall–Kier alpha value is -1.49. The second kappa shape index (κ2) is 5.72. The Morgan fingerprint density at radius 3 is 2.65 bits per heavy atom. The van der Waals surface area contributed by atoms with E-state index in [4.69, 9.17) is 5.73 Å². The Kier molecular flexibility index (Phi) is 4.57. The summed E-state index contributed by atoms with van der Waals surface area (Å²) < 4.78 is 26.0. The molecule has 0 fully saturated rings. The van der Waals surface area contributed by atoms with Crippen LogP contribution in [0.3, 0.4) is 0 Å². The predicted octanol–water partition coefficient (Wildman–Crippen LogP) is 1.31. The van der Waals surface area contributed by atoms with Gasteiger partial charge >= 0.3 is 0 Å². The van der Waals surface area contributed by atoms with Crippen LogP contribution in [0.15, 0.2) is 18.2 Å². The van der Waals surface area contributed by atoms with E-state index < -0.39 is 11.6 Å². The SMILES string of the molecule is CC(N)CN(C)C(=O)Cc1ccc(F)cc1F. The monoisotopic (exact) mass is 242 g/mol. The highest BCUT2D eigenvalue weighted by molar-refractivity contribution is 5.78. The number of benzene rings is 1. The molecule has 0 aliphatic carbocycles. The van der Waals surface area contributed by atoms with Gasteiger partial charge in [0, 0.05) is 25.7 Å². The van der Waals surface area contributed by atoms with E-state index in [1.165, 1.54) is 11.0 Å². The van der Waals surface area contributed by atoms with Gasteiger partial charge in [0.25, 0.3) is 0 Å². The second-order valence-corrected chi connectivity index (χ2v) is 4.16. The molecule has 0 aromatic heterocycles. The minimum Gasteiger partial charge on any atom is -0.344 e. The molecule has 17 heavy (non-hydrogen) atoms. The fraction of sp³-hybridized carbons (Fsp3) is 0.417. The molecule has 5 heteroatoms. The predicted molar refractivity (Wildman–Crippen MR) is 61.3 cm³/mol. The highest BCUT2D eigenvalue weighted by Crippen LogP contribution is 2.11. The molecule has 0 aliphatic rings. The summed E-state index contributed by atoms with van der Waals surface area (Å²) in [5.41, 5.74) is 5.74. The van der Waals surface area contributed by atoms with Gasteiger partial charge in [0.2, 0.25) is 5.91 Å². The van der Waals surface area contributed by atoms with Crippen molar-refractivity contribution in [3.05, 3.63) is 35.4 Å². The minimum atomic E-state index is -0.701. The molecule has 0 spiro atoms. The zero-order valence-corrected chi connectivity index (χ0v) is 9.91. The summed E-state index contributed by atoms with van der Waals surface area (Å²) >= 11 is 0. The van der Waals surface area contributed by atoms with Crippen LogP contribution in [0.5, 0.6) is 0 Å². The molecule has 0 bridgehead atoms. The van der Waals surface area contributed by atoms with E-state index in [0.717, 1.165) is 12.1 Å². The van der Waals surface area contributed by atoms with Crippen LogP contribution in [0.2, 0.25) is 0 Å². The first kappa shape index (κ1) is 13.6. The quantitative estimate of drug-likeness (QED) is 0.865. The van der Waals surface area contributed by atoms with Gasteiger partial charge in [-0.25, -0.2) is 8.78 Å². The van der Waals surface area contributed by atoms with E-state index >= 15 is 0 Å². The number of hydrogen-bond donors (Lipinski definition) is 1. The van der Waals surface area contributed by atoms with E-state index in [1.54, 1.807) is 14.0 Å². The minimum absolute atomic E-state index is 0.0880. The second-order valence-electron chi connectivity index (χ2n) is 4.16. The van der Waals surface area contributed by atoms with Crippen molar-refractivity contribution in [2.75, 3.05) is 13.6 Å². The summed E-state index contributed by atoms with van der Waals surface area (Å²) in [5, 5.41) is 0. The third kappa shape index (κ3) is 4.11. The molecule has 3 nitrogen and oxygen atoms in total. The van der Waals surface area contributed by atoms with E-state index in [2.05, 4.69) is 0 Å². The highest BCUT2D eigenvalue weighted by Gasteiger charge is 2.13. The molecular formula is C12H16F2N2O. The van der Waals surface area contributed by atoms with Crippen molar-refractivity contribution in [2.45, 2.75) is 19.4 Å². The number of likely N-dealkylation sites (N-methyl/N-ethyl adjacent to an activating group) is 1. The smallest absolute Gasteiger partial charge is 0.226 e. The van der Waals surface area contributed by atoms with Crippen molar-refractivity contribution in [3.63, 3.8) is 0 Å². The number of hydrogen-bond acceptors (Lipinski definition) is 2. The number of carbonyl (C=O) groups excluding carboxylic acids is 1. The molecule has 0 radical (unpaired) electrons. The lowest BCUT2D eigenvalue weighted by Crippen LogP contribution is -2.37. The number of nitrogens with zero attached hydrogens (tertiary/aromatic N) is 1. The molecule has 1 amide bonds. The van der Waals surface area contributed by atoms with Gasteiger partial charge in [-0.3, -0.25) is 4.79 Å². The van der Waals surface area contributed by atoms with E-state index in [0.29, 0.717) is 6.54 Å². The Morgan fingerprint density at radius 1 is 1.47 bits per heavy atom. The van der Waals surface area contributed by atoms with Gasteiger partial charge in [-0.15, -0.1) is 0 Å². The Morgan fingerprint density at radius 2 is 2.12 bits per heavy atom. The van der Waals surface area contributed by atoms with Gasteiger partial charge in [0.05, 0.1) is 6.42 Å². The molecule has 1 atom stereocenters. The van der Waals surface area contributed by atoms with Crippen LogP contribution in [0.25, 0.3) is 0 Å². The Bertz CT molecular complexity index is 407. The maximum absolute atomic E-state index is 13.3. The van der Waals surface area contributed by atoms with Crippen LogP contribution in [0.4, 0.5) is 8.78 Å². The number of carbonyl (C=O) groups is 1. The lowest BCUT2D eigenvalue weighted by Gasteiger charge is -2.19. The third-order valence-corrected chi connectivity index (χ3v) is 2.34. The normalized spacial score (nSPS) is 12.3. The van der Waals surface area contributed by atoms with Crippen molar-refractivity contribution >= 4 is 5.91 Å². The topological polar surface area (TPSA) is 46.3 Å². The van der Waals surface area contributed by atoms with Gasteiger partial charge < -0.3 is 10.6 Å². The van der Waals surface area contributed by atoms with Crippen molar-refractivity contribution in [1.82, 2.24) is 4.90 Å². The van der Waals surface area contributed by atoms with Crippen molar-refractivity contribution in [1.29, 1.82) is 0 Å². The molecule has 94 valence electrons. The molecular weight excluding hydrogens is 226 g/mol. The molecule has 0 aliphatic heterocycles. The fourth-order valence-electron chi connectivity index (χ4n) is 1.50. The van der Waals surface area contributed by atoms with Crippen molar-refractivity contribution in [2.24, 2.45) is 5.73 Å². The summed E-state index contributed by atoms with van der Waals surface area (Å²) in [6.07, 6.45) is -0.0880. The van der Waals surface area contributed by atoms with Gasteiger partial charge in [-0.2, -0.15) is 0 Å². The summed E-state index contributed by atoms with van der Waals surface area (Å²) in [6.45, 7) is 2.18. The van der Waals surface area contributed by atoms with E-state index in [-0.39, 0.29) is 23.9 Å². The van der Waals surface area contributed by atoms with Crippen LogP contribution in [-0.2, 0) is 11.2 Å². The average molecular weight is 242 g/mol. The highest BCUT2D eigenvalue weighted by atomic mass is 19.1. The Labute approximate surface area is 99.2 Å². The van der Waals surface area contributed by atoms with Gasteiger partial charge in [-0.05, 0) is 18.6 Å². The van der Waals surface area contributed by atoms with E-state index in [1.807, 2.05) is 0 Å². The first-order chi connectivity index (χ1) is 7.90. The summed E-state index contributed by atoms with van der Waals surface area (Å²) in [6, 6.07) is 3.05. The zero-order valence-electron chi connectivity index (χ0n) is 9.91. The molecule has 1 rings (SSSR count). The van der Waals surface area contributed by atoms with Crippen LogP contribution >= 0.6 is 0 Å². The van der Waals surface area contributed by atoms with Crippen molar-refractivity contribution in [3.8, 4) is 0 Å². The number of rotatable bonds is 4. The molecule has 1 aromatic carbocycles. The standard InChI is InChI=1S/C12H16F2N2O/c1-8(15)7-16(2)12(17)5-9-3-4-10(13)6-11(9)14/h3-4,6,8H,5,7,15H2,1-2H3. The van der Waals surface area contributed by atoms with Gasteiger partial charge in [0.15, 0.2) is 0 Å². The maximum atomic E-state index is 13.3. The lowest BCUT2D eigenvalue weighted by atomic mass is 10.1. The van der Waals surface area contributed by atoms with Gasteiger partial charge in [0.1, 0.15) is 11.6 Å². The first-order valence-corrected chi connectivity index (χ1v) is 5.33. The van der Waals surface area contributed by atoms with Crippen LogP contribution in [0, 0.1) is 11.6 Å². The van der Waals surface area contributed by atoms with Crippen LogP contribution in [0.1, 0.15) is 12.5 Å². The molecule has 0 heterocycles. The zero-order chi connectivity index (χ0) is 13.0.